The summed E-state index contributed by atoms with van der Waals surface area (Å²) >= 11 is 1.54. The fourth-order valence-electron chi connectivity index (χ4n) is 3.12. The van der Waals surface area contributed by atoms with Gasteiger partial charge in [-0.1, -0.05) is 55.6 Å². The molecule has 0 unspecified atom stereocenters. The molecule has 5 nitrogen and oxygen atoms in total. The lowest BCUT2D eigenvalue weighted by Crippen LogP contribution is -2.45. The molecule has 3 rings (SSSR count). The highest BCUT2D eigenvalue weighted by molar-refractivity contribution is 8.14. The number of aryl methyl sites for hydroxylation is 1. The van der Waals surface area contributed by atoms with Gasteiger partial charge in [0.2, 0.25) is 5.91 Å². The molecular formula is C20H22N2O3S. The molecule has 0 aromatic heterocycles. The lowest BCUT2D eigenvalue weighted by atomic mass is 9.93. The summed E-state index contributed by atoms with van der Waals surface area (Å²) in [6.07, 6.45) is 2.89. The number of benzene rings is 1. The number of nitrogens with zero attached hydrogens (tertiary/aromatic N) is 2. The Bertz CT molecular complexity index is 796. The smallest absolute Gasteiger partial charge is 0.338 e. The molecule has 0 N–H and O–H groups in total. The van der Waals surface area contributed by atoms with Crippen molar-refractivity contribution in [1.29, 1.82) is 0 Å². The second-order valence-corrected chi connectivity index (χ2v) is 7.20. The molecule has 2 aliphatic heterocycles. The van der Waals surface area contributed by atoms with Gasteiger partial charge in [-0.2, -0.15) is 0 Å². The van der Waals surface area contributed by atoms with Crippen molar-refractivity contribution in [3.63, 3.8) is 0 Å². The molecule has 0 spiro atoms. The van der Waals surface area contributed by atoms with Crippen molar-refractivity contribution in [3.05, 3.63) is 59.3 Å². The molecule has 0 aliphatic carbocycles. The van der Waals surface area contributed by atoms with Gasteiger partial charge in [0.25, 0.3) is 0 Å². The van der Waals surface area contributed by atoms with Crippen LogP contribution in [0, 0.1) is 0 Å². The number of carbonyl (C=O) groups excluding carboxylic acids is 2. The molecule has 1 aromatic rings. The van der Waals surface area contributed by atoms with Crippen LogP contribution in [0.2, 0.25) is 0 Å². The van der Waals surface area contributed by atoms with Gasteiger partial charge in [-0.25, -0.2) is 9.79 Å². The third-order valence-corrected chi connectivity index (χ3v) is 5.42. The molecule has 0 bridgehead atoms. The third kappa shape index (κ3) is 3.46. The summed E-state index contributed by atoms with van der Waals surface area (Å²) < 4.78 is 5.28. The quantitative estimate of drug-likeness (QED) is 0.587. The van der Waals surface area contributed by atoms with Gasteiger partial charge in [0, 0.05) is 12.2 Å². The average Bonchev–Trinajstić information content (AvgIpc) is 2.65. The standard InChI is InChI=1S/C20H22N2O3S/c1-4-11-25-19(24)17-13(3)21-20-22(16(23)10-12-26-20)18(17)15-8-6-14(5-2)7-9-15/h4,6-9,18H,1,5,10-12H2,2-3H3/t18-/m0/s1. The fraction of sp³-hybridized carbons (Fsp3) is 0.350. The Labute approximate surface area is 157 Å². The lowest BCUT2D eigenvalue weighted by molar-refractivity contribution is -0.139. The minimum atomic E-state index is -0.508. The van der Waals surface area contributed by atoms with Crippen molar-refractivity contribution in [3.8, 4) is 0 Å². The van der Waals surface area contributed by atoms with Crippen molar-refractivity contribution in [1.82, 2.24) is 4.90 Å². The van der Waals surface area contributed by atoms with Crippen LogP contribution in [0.25, 0.3) is 0 Å². The highest BCUT2D eigenvalue weighted by atomic mass is 32.2. The zero-order chi connectivity index (χ0) is 18.7. The number of thioether (sulfide) groups is 1. The maximum Gasteiger partial charge on any atom is 0.338 e. The zero-order valence-corrected chi connectivity index (χ0v) is 15.8. The summed E-state index contributed by atoms with van der Waals surface area (Å²) in [5, 5.41) is 0.656. The second-order valence-electron chi connectivity index (χ2n) is 6.14. The highest BCUT2D eigenvalue weighted by Gasteiger charge is 2.41. The number of aliphatic imine (C=N–C) groups is 1. The first-order valence-corrected chi connectivity index (χ1v) is 9.66. The number of ether oxygens (including phenoxy) is 1. The maximum atomic E-state index is 12.7. The van der Waals surface area contributed by atoms with Crippen molar-refractivity contribution < 1.29 is 14.3 Å². The number of rotatable bonds is 5. The number of amides is 1. The van der Waals surface area contributed by atoms with Crippen LogP contribution in [-0.2, 0) is 20.7 Å². The Morgan fingerprint density at radius 3 is 2.81 bits per heavy atom. The number of esters is 1. The number of fused-ring (bicyclic) bond motifs is 1. The van der Waals surface area contributed by atoms with E-state index in [9.17, 15) is 9.59 Å². The Kier molecular flexibility index (Phi) is 5.61. The van der Waals surface area contributed by atoms with Gasteiger partial charge in [-0.05, 0) is 24.5 Å². The monoisotopic (exact) mass is 370 g/mol. The van der Waals surface area contributed by atoms with Gasteiger partial charge in [-0.3, -0.25) is 9.69 Å². The molecule has 1 amide bonds. The number of hydrogen-bond donors (Lipinski definition) is 0. The summed E-state index contributed by atoms with van der Waals surface area (Å²) in [5.74, 6) is 0.228. The van der Waals surface area contributed by atoms with Crippen LogP contribution in [0.15, 0.2) is 53.2 Å². The van der Waals surface area contributed by atoms with Crippen LogP contribution < -0.4 is 0 Å². The summed E-state index contributed by atoms with van der Waals surface area (Å²) in [7, 11) is 0. The van der Waals surface area contributed by atoms with Crippen LogP contribution in [-0.4, -0.2) is 34.3 Å². The molecule has 6 heteroatoms. The normalized spacial score (nSPS) is 19.8. The predicted molar refractivity (Wildman–Crippen MR) is 104 cm³/mol. The predicted octanol–water partition coefficient (Wildman–Crippen LogP) is 3.63. The Balaban J connectivity index is 2.09. The molecule has 1 saturated heterocycles. The molecule has 0 saturated carbocycles. The van der Waals surface area contributed by atoms with Gasteiger partial charge in [0.05, 0.1) is 17.3 Å². The second kappa shape index (κ2) is 7.91. The van der Waals surface area contributed by atoms with Gasteiger partial charge in [0.1, 0.15) is 6.61 Å². The Morgan fingerprint density at radius 1 is 1.42 bits per heavy atom. The topological polar surface area (TPSA) is 59.0 Å². The van der Waals surface area contributed by atoms with Crippen LogP contribution in [0.1, 0.15) is 37.4 Å². The SMILES string of the molecule is C=CCOC(=O)C1=C(C)N=C2SCCC(=O)N2[C@H]1c1ccc(CC)cc1. The van der Waals surface area contributed by atoms with E-state index in [4.69, 9.17) is 4.74 Å². The molecular weight excluding hydrogens is 348 g/mol. The largest absolute Gasteiger partial charge is 0.458 e. The van der Waals surface area contributed by atoms with Gasteiger partial charge >= 0.3 is 5.97 Å². The molecule has 136 valence electrons. The molecule has 1 fully saturated rings. The van der Waals surface area contributed by atoms with Crippen molar-refractivity contribution in [2.24, 2.45) is 4.99 Å². The summed E-state index contributed by atoms with van der Waals surface area (Å²) in [6.45, 7) is 7.59. The number of carbonyl (C=O) groups is 2. The molecule has 0 radical (unpaired) electrons. The molecule has 1 atom stereocenters. The fourth-order valence-corrected chi connectivity index (χ4v) is 4.13. The van der Waals surface area contributed by atoms with E-state index in [1.807, 2.05) is 24.3 Å². The van der Waals surface area contributed by atoms with E-state index in [2.05, 4.69) is 18.5 Å². The van der Waals surface area contributed by atoms with Gasteiger partial charge in [-0.15, -0.1) is 0 Å². The minimum Gasteiger partial charge on any atom is -0.458 e. The minimum absolute atomic E-state index is 0.0198. The first-order valence-electron chi connectivity index (χ1n) is 8.68. The molecule has 26 heavy (non-hydrogen) atoms. The molecule has 2 aliphatic rings. The van der Waals surface area contributed by atoms with E-state index in [1.165, 1.54) is 11.6 Å². The number of amidine groups is 1. The lowest BCUT2D eigenvalue weighted by Gasteiger charge is -2.38. The van der Waals surface area contributed by atoms with Crippen LogP contribution in [0.4, 0.5) is 0 Å². The van der Waals surface area contributed by atoms with E-state index in [1.54, 1.807) is 23.6 Å². The van der Waals surface area contributed by atoms with Crippen LogP contribution >= 0.6 is 11.8 Å². The van der Waals surface area contributed by atoms with E-state index in [0.717, 1.165) is 12.0 Å². The van der Waals surface area contributed by atoms with E-state index < -0.39 is 12.0 Å². The molecule has 2 heterocycles. The summed E-state index contributed by atoms with van der Waals surface area (Å²) in [5.41, 5.74) is 3.09. The Hall–Kier alpha value is -2.34. The van der Waals surface area contributed by atoms with Crippen molar-refractivity contribution in [2.45, 2.75) is 32.7 Å². The van der Waals surface area contributed by atoms with Crippen LogP contribution in [0.3, 0.4) is 0 Å². The van der Waals surface area contributed by atoms with Gasteiger partial charge < -0.3 is 4.74 Å². The van der Waals surface area contributed by atoms with Crippen LogP contribution in [0.5, 0.6) is 0 Å². The summed E-state index contributed by atoms with van der Waals surface area (Å²) in [4.78, 5) is 31.5. The van der Waals surface area contributed by atoms with Gasteiger partial charge in [0.15, 0.2) is 5.17 Å². The van der Waals surface area contributed by atoms with Crippen molar-refractivity contribution >= 4 is 28.8 Å². The number of allylic oxidation sites excluding steroid dienone is 1. The zero-order valence-electron chi connectivity index (χ0n) is 15.0. The van der Waals surface area contributed by atoms with E-state index in [-0.39, 0.29) is 12.5 Å². The van der Waals surface area contributed by atoms with Crippen molar-refractivity contribution in [2.75, 3.05) is 12.4 Å². The Morgan fingerprint density at radius 2 is 2.15 bits per heavy atom. The van der Waals surface area contributed by atoms with E-state index in [0.29, 0.717) is 28.6 Å². The molecule has 1 aromatic carbocycles. The first-order chi connectivity index (χ1) is 12.6. The average molecular weight is 370 g/mol. The highest BCUT2D eigenvalue weighted by Crippen LogP contribution is 2.40. The number of hydrogen-bond acceptors (Lipinski definition) is 5. The third-order valence-electron chi connectivity index (χ3n) is 4.46. The maximum absolute atomic E-state index is 12.7. The summed E-state index contributed by atoms with van der Waals surface area (Å²) in [6, 6.07) is 7.51. The first kappa shape index (κ1) is 18.5. The van der Waals surface area contributed by atoms with E-state index >= 15 is 0 Å².